The Bertz CT molecular complexity index is 782. The molecular formula is C29H56N2O8. The van der Waals surface area contributed by atoms with Crippen LogP contribution in [0.5, 0.6) is 0 Å². The molecule has 0 aromatic heterocycles. The summed E-state index contributed by atoms with van der Waals surface area (Å²) in [5.74, 6) is -2.85. The smallest absolute Gasteiger partial charge is 0.311 e. The highest BCUT2D eigenvalue weighted by molar-refractivity contribution is 5.73. The predicted molar refractivity (Wildman–Crippen MR) is 149 cm³/mol. The molecule has 2 heterocycles. The van der Waals surface area contributed by atoms with E-state index in [1.165, 1.54) is 6.92 Å². The second kappa shape index (κ2) is 13.9. The molecule has 10 nitrogen and oxygen atoms in total. The Balaban J connectivity index is 2.46. The Labute approximate surface area is 235 Å². The van der Waals surface area contributed by atoms with Crippen molar-refractivity contribution >= 4 is 5.97 Å². The van der Waals surface area contributed by atoms with Gasteiger partial charge in [-0.05, 0) is 66.0 Å². The minimum absolute atomic E-state index is 0.0791. The molecule has 0 radical (unpaired) electrons. The molecule has 0 aromatic rings. The van der Waals surface area contributed by atoms with Crippen LogP contribution in [-0.2, 0) is 19.0 Å². The van der Waals surface area contributed by atoms with Gasteiger partial charge in [0.15, 0.2) is 6.29 Å². The zero-order valence-corrected chi connectivity index (χ0v) is 25.7. The highest BCUT2D eigenvalue weighted by Crippen LogP contribution is 2.36. The highest BCUT2D eigenvalue weighted by atomic mass is 16.7. The molecule has 39 heavy (non-hydrogen) atoms. The number of cyclic esters (lactones) is 1. The van der Waals surface area contributed by atoms with Crippen molar-refractivity contribution in [1.29, 1.82) is 0 Å². The van der Waals surface area contributed by atoms with Crippen molar-refractivity contribution in [3.8, 4) is 0 Å². The number of carbonyl (C=O) groups excluding carboxylic acids is 1. The maximum Gasteiger partial charge on any atom is 0.311 e. The standard InChI is InChI=1S/C29H56N2O8/c1-11-21-29(8,36)26(34)17(5)22(30)14(2)12-15(3)25(18(6)23(32)19(7)27(35)38-21)39-28-24(33)20(31(9)10)13-16(4)37-28/h14-26,28,32-34,36H,11-13,30H2,1-10H3/t14-,15+,16-,17+,18+,19-,20+,21-,22+,23+,24-,25+,26-,28+,29-/m1/s1. The van der Waals surface area contributed by atoms with Crippen LogP contribution >= 0.6 is 0 Å². The van der Waals surface area contributed by atoms with Gasteiger partial charge in [-0.15, -0.1) is 0 Å². The fourth-order valence-corrected chi connectivity index (χ4v) is 6.57. The van der Waals surface area contributed by atoms with Crippen LogP contribution in [0, 0.1) is 29.6 Å². The van der Waals surface area contributed by atoms with Gasteiger partial charge in [0.1, 0.15) is 17.8 Å². The van der Waals surface area contributed by atoms with Crippen molar-refractivity contribution in [3.63, 3.8) is 0 Å². The number of likely N-dealkylation sites (N-methyl/N-ethyl adjacent to an activating group) is 1. The summed E-state index contributed by atoms with van der Waals surface area (Å²) in [4.78, 5) is 15.1. The molecule has 0 bridgehead atoms. The van der Waals surface area contributed by atoms with Crippen LogP contribution in [0.25, 0.3) is 0 Å². The average Bonchev–Trinajstić information content (AvgIpc) is 2.87. The second-order valence-electron chi connectivity index (χ2n) is 12.9. The quantitative estimate of drug-likeness (QED) is 0.320. The Morgan fingerprint density at radius 2 is 1.59 bits per heavy atom. The molecule has 0 unspecified atom stereocenters. The molecule has 0 aliphatic carbocycles. The number of rotatable bonds is 4. The van der Waals surface area contributed by atoms with E-state index in [4.69, 9.17) is 19.9 Å². The van der Waals surface area contributed by atoms with E-state index in [1.54, 1.807) is 20.8 Å². The summed E-state index contributed by atoms with van der Waals surface area (Å²) in [6.45, 7) is 14.4. The molecule has 10 heteroatoms. The van der Waals surface area contributed by atoms with Crippen LogP contribution in [0.1, 0.15) is 74.7 Å². The monoisotopic (exact) mass is 560 g/mol. The summed E-state index contributed by atoms with van der Waals surface area (Å²) in [5, 5.41) is 44.9. The summed E-state index contributed by atoms with van der Waals surface area (Å²) in [6, 6.07) is -0.630. The predicted octanol–water partition coefficient (Wildman–Crippen LogP) is 1.50. The fraction of sp³-hybridized carbons (Fsp3) is 0.966. The molecule has 0 amide bonds. The van der Waals surface area contributed by atoms with Crippen molar-refractivity contribution in [1.82, 2.24) is 4.90 Å². The SMILES string of the molecule is CC[C@H]1OC(=O)[C@H](C)[C@@H](O)[C@H](C)[C@@H](O[C@@H]2O[C@H](C)C[C@H](N(C)C)[C@H]2O)[C@@H](C)C[C@@H](C)[C@H](N)[C@H](C)[C@@H](O)[C@]1(C)O. The van der Waals surface area contributed by atoms with Crippen LogP contribution in [0.2, 0.25) is 0 Å². The van der Waals surface area contributed by atoms with E-state index < -0.39 is 72.2 Å². The van der Waals surface area contributed by atoms with Crippen LogP contribution < -0.4 is 5.73 Å². The zero-order valence-electron chi connectivity index (χ0n) is 25.7. The third kappa shape index (κ3) is 7.71. The Morgan fingerprint density at radius 1 is 1.00 bits per heavy atom. The van der Waals surface area contributed by atoms with Gasteiger partial charge in [-0.2, -0.15) is 0 Å². The van der Waals surface area contributed by atoms with Crippen LogP contribution in [-0.4, -0.2) is 106 Å². The molecule has 2 saturated heterocycles. The average molecular weight is 561 g/mol. The van der Waals surface area contributed by atoms with Gasteiger partial charge in [-0.3, -0.25) is 4.79 Å². The van der Waals surface area contributed by atoms with Crippen molar-refractivity contribution in [2.75, 3.05) is 14.1 Å². The zero-order chi connectivity index (χ0) is 30.0. The molecule has 6 N–H and O–H groups in total. The minimum atomic E-state index is -1.73. The molecule has 0 saturated carbocycles. The van der Waals surface area contributed by atoms with Gasteiger partial charge >= 0.3 is 5.97 Å². The number of aliphatic hydroxyl groups is 4. The Morgan fingerprint density at radius 3 is 2.13 bits per heavy atom. The normalized spacial score (nSPS) is 49.4. The molecule has 0 aromatic carbocycles. The number of esters is 1. The maximum absolute atomic E-state index is 13.2. The third-order valence-electron chi connectivity index (χ3n) is 9.45. The minimum Gasteiger partial charge on any atom is -0.459 e. The molecular weight excluding hydrogens is 504 g/mol. The van der Waals surface area contributed by atoms with Gasteiger partial charge in [0, 0.05) is 23.9 Å². The molecule has 15 atom stereocenters. The molecule has 2 fully saturated rings. The topological polar surface area (TPSA) is 155 Å². The first kappa shape index (κ1) is 34.4. The molecule has 2 aliphatic rings. The van der Waals surface area contributed by atoms with Crippen LogP contribution in [0.15, 0.2) is 0 Å². The Kier molecular flexibility index (Phi) is 12.2. The lowest BCUT2D eigenvalue weighted by molar-refractivity contribution is -0.283. The summed E-state index contributed by atoms with van der Waals surface area (Å²) < 4.78 is 18.2. The maximum atomic E-state index is 13.2. The van der Waals surface area contributed by atoms with E-state index in [0.717, 1.165) is 0 Å². The van der Waals surface area contributed by atoms with Gasteiger partial charge < -0.3 is 45.3 Å². The van der Waals surface area contributed by atoms with Crippen molar-refractivity contribution in [2.24, 2.45) is 35.3 Å². The largest absolute Gasteiger partial charge is 0.459 e. The number of nitrogens with two attached hydrogens (primary N) is 1. The molecule has 230 valence electrons. The van der Waals surface area contributed by atoms with E-state index in [1.807, 2.05) is 46.7 Å². The first-order valence-corrected chi connectivity index (χ1v) is 14.6. The van der Waals surface area contributed by atoms with E-state index >= 15 is 0 Å². The van der Waals surface area contributed by atoms with Gasteiger partial charge in [0.05, 0.1) is 30.3 Å². The van der Waals surface area contributed by atoms with Gasteiger partial charge in [0.25, 0.3) is 0 Å². The second-order valence-corrected chi connectivity index (χ2v) is 12.9. The van der Waals surface area contributed by atoms with E-state index in [9.17, 15) is 25.2 Å². The first-order valence-electron chi connectivity index (χ1n) is 14.6. The summed E-state index contributed by atoms with van der Waals surface area (Å²) in [7, 11) is 3.82. The summed E-state index contributed by atoms with van der Waals surface area (Å²) in [6.07, 6.45) is -4.36. The van der Waals surface area contributed by atoms with Crippen molar-refractivity contribution in [3.05, 3.63) is 0 Å². The number of carbonyl (C=O) groups is 1. The third-order valence-corrected chi connectivity index (χ3v) is 9.45. The molecule has 2 rings (SSSR count). The highest BCUT2D eigenvalue weighted by Gasteiger charge is 2.48. The van der Waals surface area contributed by atoms with E-state index in [-0.39, 0.29) is 30.4 Å². The first-order chi connectivity index (χ1) is 17.9. The lowest BCUT2D eigenvalue weighted by Gasteiger charge is -2.45. The summed E-state index contributed by atoms with van der Waals surface area (Å²) in [5.41, 5.74) is 4.90. The molecule has 2 aliphatic heterocycles. The molecule has 0 spiro atoms. The Hall–Kier alpha value is -0.850. The number of hydrogen-bond acceptors (Lipinski definition) is 10. The van der Waals surface area contributed by atoms with Gasteiger partial charge in [-0.25, -0.2) is 0 Å². The fourth-order valence-electron chi connectivity index (χ4n) is 6.57. The lowest BCUT2D eigenvalue weighted by atomic mass is 9.74. The lowest BCUT2D eigenvalue weighted by Crippen LogP contribution is -2.58. The number of ether oxygens (including phenoxy) is 3. The van der Waals surface area contributed by atoms with Crippen molar-refractivity contribution < 1.29 is 39.4 Å². The number of aliphatic hydroxyl groups excluding tert-OH is 3. The van der Waals surface area contributed by atoms with E-state index in [0.29, 0.717) is 12.8 Å². The van der Waals surface area contributed by atoms with E-state index in [2.05, 4.69) is 0 Å². The van der Waals surface area contributed by atoms with Gasteiger partial charge in [0.2, 0.25) is 0 Å². The van der Waals surface area contributed by atoms with Crippen LogP contribution in [0.4, 0.5) is 0 Å². The van der Waals surface area contributed by atoms with Crippen LogP contribution in [0.3, 0.4) is 0 Å². The van der Waals surface area contributed by atoms with Crippen molar-refractivity contribution in [2.45, 2.75) is 135 Å². The number of hydrogen-bond donors (Lipinski definition) is 5. The number of nitrogens with zero attached hydrogens (tertiary/aromatic N) is 1. The van der Waals surface area contributed by atoms with Gasteiger partial charge in [-0.1, -0.05) is 34.6 Å². The summed E-state index contributed by atoms with van der Waals surface area (Å²) >= 11 is 0.